The molecule has 1 aliphatic heterocycles. The van der Waals surface area contributed by atoms with Gasteiger partial charge in [-0.1, -0.05) is 0 Å². The molecule has 1 aromatic heterocycles. The summed E-state index contributed by atoms with van der Waals surface area (Å²) < 4.78 is 2.41. The highest BCUT2D eigenvalue weighted by molar-refractivity contribution is 5.27. The van der Waals surface area contributed by atoms with Crippen LogP contribution in [-0.2, 0) is 13.0 Å². The fraction of sp³-hybridized carbons (Fsp3) is 0.714. The van der Waals surface area contributed by atoms with Crippen LogP contribution < -0.4 is 5.32 Å². The lowest BCUT2D eigenvalue weighted by atomic mass is 10.1. The van der Waals surface area contributed by atoms with E-state index < -0.39 is 0 Å². The SMILES string of the molecule is CCn1c(C)cc(CCN2CCNCC2)c1C. The molecular weight excluding hydrogens is 210 g/mol. The first-order valence-corrected chi connectivity index (χ1v) is 6.81. The number of aryl methyl sites for hydroxylation is 1. The second-order valence-electron chi connectivity index (χ2n) is 4.98. The summed E-state index contributed by atoms with van der Waals surface area (Å²) in [6, 6.07) is 2.36. The predicted octanol–water partition coefficient (Wildman–Crippen LogP) is 1.57. The number of piperazine rings is 1. The molecule has 1 aliphatic rings. The van der Waals surface area contributed by atoms with E-state index in [-0.39, 0.29) is 0 Å². The molecule has 2 heterocycles. The Morgan fingerprint density at radius 1 is 1.24 bits per heavy atom. The lowest BCUT2D eigenvalue weighted by Gasteiger charge is -2.27. The van der Waals surface area contributed by atoms with Gasteiger partial charge in [0.25, 0.3) is 0 Å². The van der Waals surface area contributed by atoms with Crippen LogP contribution in [0.1, 0.15) is 23.9 Å². The number of rotatable bonds is 4. The molecule has 0 aromatic carbocycles. The summed E-state index contributed by atoms with van der Waals surface area (Å²) in [7, 11) is 0. The molecule has 17 heavy (non-hydrogen) atoms. The molecule has 3 nitrogen and oxygen atoms in total. The van der Waals surface area contributed by atoms with Crippen molar-refractivity contribution < 1.29 is 0 Å². The van der Waals surface area contributed by atoms with Gasteiger partial charge in [0, 0.05) is 50.7 Å². The molecule has 1 saturated heterocycles. The number of nitrogens with one attached hydrogen (secondary N) is 1. The summed E-state index contributed by atoms with van der Waals surface area (Å²) in [6.45, 7) is 13.7. The highest BCUT2D eigenvalue weighted by Crippen LogP contribution is 2.15. The van der Waals surface area contributed by atoms with Gasteiger partial charge in [-0.25, -0.2) is 0 Å². The summed E-state index contributed by atoms with van der Waals surface area (Å²) in [5.74, 6) is 0. The zero-order valence-electron chi connectivity index (χ0n) is 11.4. The molecule has 96 valence electrons. The van der Waals surface area contributed by atoms with E-state index in [1.165, 1.54) is 43.0 Å². The van der Waals surface area contributed by atoms with Gasteiger partial charge in [-0.15, -0.1) is 0 Å². The van der Waals surface area contributed by atoms with Crippen molar-refractivity contribution in [3.63, 3.8) is 0 Å². The maximum Gasteiger partial charge on any atom is 0.0196 e. The Balaban J connectivity index is 1.94. The van der Waals surface area contributed by atoms with Crippen LogP contribution in [0.3, 0.4) is 0 Å². The minimum atomic E-state index is 1.09. The van der Waals surface area contributed by atoms with Crippen LogP contribution in [0.25, 0.3) is 0 Å². The second-order valence-corrected chi connectivity index (χ2v) is 4.98. The Hall–Kier alpha value is -0.800. The summed E-state index contributed by atoms with van der Waals surface area (Å²) in [4.78, 5) is 2.56. The maximum atomic E-state index is 3.40. The standard InChI is InChI=1S/C14H25N3/c1-4-17-12(2)11-14(13(17)3)5-8-16-9-6-15-7-10-16/h11,15H,4-10H2,1-3H3. The average molecular weight is 235 g/mol. The first-order valence-electron chi connectivity index (χ1n) is 6.81. The molecule has 0 unspecified atom stereocenters. The third-order valence-corrected chi connectivity index (χ3v) is 3.90. The van der Waals surface area contributed by atoms with Crippen LogP contribution in [0, 0.1) is 13.8 Å². The summed E-state index contributed by atoms with van der Waals surface area (Å²) >= 11 is 0. The minimum Gasteiger partial charge on any atom is -0.349 e. The first-order chi connectivity index (χ1) is 8.22. The van der Waals surface area contributed by atoms with E-state index in [1.807, 2.05) is 0 Å². The number of nitrogens with zero attached hydrogens (tertiary/aromatic N) is 2. The van der Waals surface area contributed by atoms with Gasteiger partial charge >= 0.3 is 0 Å². The average Bonchev–Trinajstić information content (AvgIpc) is 2.63. The summed E-state index contributed by atoms with van der Waals surface area (Å²) in [6.07, 6.45) is 1.19. The van der Waals surface area contributed by atoms with Crippen molar-refractivity contribution in [3.05, 3.63) is 23.0 Å². The second kappa shape index (κ2) is 5.69. The largest absolute Gasteiger partial charge is 0.349 e. The molecule has 3 heteroatoms. The quantitative estimate of drug-likeness (QED) is 0.855. The number of hydrogen-bond donors (Lipinski definition) is 1. The smallest absolute Gasteiger partial charge is 0.0196 e. The number of hydrogen-bond acceptors (Lipinski definition) is 2. The fourth-order valence-corrected chi connectivity index (χ4v) is 2.83. The predicted molar refractivity (Wildman–Crippen MR) is 72.6 cm³/mol. The zero-order valence-corrected chi connectivity index (χ0v) is 11.4. The summed E-state index contributed by atoms with van der Waals surface area (Å²) in [5.41, 5.74) is 4.39. The highest BCUT2D eigenvalue weighted by atomic mass is 15.2. The molecule has 0 aliphatic carbocycles. The Morgan fingerprint density at radius 2 is 1.94 bits per heavy atom. The highest BCUT2D eigenvalue weighted by Gasteiger charge is 2.12. The van der Waals surface area contributed by atoms with E-state index in [0.29, 0.717) is 0 Å². The minimum absolute atomic E-state index is 1.09. The van der Waals surface area contributed by atoms with Gasteiger partial charge in [-0.05, 0) is 38.8 Å². The van der Waals surface area contributed by atoms with Gasteiger partial charge in [0.2, 0.25) is 0 Å². The fourth-order valence-electron chi connectivity index (χ4n) is 2.83. The molecule has 0 spiro atoms. The van der Waals surface area contributed by atoms with Crippen molar-refractivity contribution in [1.29, 1.82) is 0 Å². The van der Waals surface area contributed by atoms with E-state index >= 15 is 0 Å². The normalized spacial score (nSPS) is 17.6. The van der Waals surface area contributed by atoms with Crippen molar-refractivity contribution in [1.82, 2.24) is 14.8 Å². The van der Waals surface area contributed by atoms with Gasteiger partial charge in [-0.2, -0.15) is 0 Å². The Bertz CT molecular complexity index is 362. The van der Waals surface area contributed by atoms with E-state index in [0.717, 1.165) is 19.6 Å². The zero-order chi connectivity index (χ0) is 12.3. The van der Waals surface area contributed by atoms with Crippen molar-refractivity contribution >= 4 is 0 Å². The van der Waals surface area contributed by atoms with Crippen LogP contribution in [0.4, 0.5) is 0 Å². The topological polar surface area (TPSA) is 20.2 Å². The van der Waals surface area contributed by atoms with Crippen LogP contribution in [-0.4, -0.2) is 42.2 Å². The monoisotopic (exact) mass is 235 g/mol. The third kappa shape index (κ3) is 2.90. The summed E-state index contributed by atoms with van der Waals surface area (Å²) in [5, 5.41) is 3.40. The lowest BCUT2D eigenvalue weighted by Crippen LogP contribution is -2.44. The first kappa shape index (κ1) is 12.7. The Labute approximate surface area is 105 Å². The van der Waals surface area contributed by atoms with Gasteiger partial charge in [-0.3, -0.25) is 0 Å². The van der Waals surface area contributed by atoms with Gasteiger partial charge in [0.15, 0.2) is 0 Å². The molecular formula is C14H25N3. The van der Waals surface area contributed by atoms with Crippen LogP contribution >= 0.6 is 0 Å². The third-order valence-electron chi connectivity index (χ3n) is 3.90. The van der Waals surface area contributed by atoms with E-state index in [4.69, 9.17) is 0 Å². The molecule has 0 radical (unpaired) electrons. The van der Waals surface area contributed by atoms with Crippen molar-refractivity contribution in [2.24, 2.45) is 0 Å². The van der Waals surface area contributed by atoms with E-state index in [1.54, 1.807) is 0 Å². The van der Waals surface area contributed by atoms with E-state index in [9.17, 15) is 0 Å². The maximum absolute atomic E-state index is 3.40. The molecule has 1 N–H and O–H groups in total. The molecule has 0 atom stereocenters. The lowest BCUT2D eigenvalue weighted by molar-refractivity contribution is 0.244. The van der Waals surface area contributed by atoms with E-state index in [2.05, 4.69) is 41.6 Å². The van der Waals surface area contributed by atoms with Crippen LogP contribution in [0.2, 0.25) is 0 Å². The van der Waals surface area contributed by atoms with Crippen LogP contribution in [0.5, 0.6) is 0 Å². The van der Waals surface area contributed by atoms with Crippen molar-refractivity contribution in [2.75, 3.05) is 32.7 Å². The molecule has 1 aromatic rings. The van der Waals surface area contributed by atoms with Gasteiger partial charge < -0.3 is 14.8 Å². The molecule has 0 saturated carbocycles. The molecule has 0 bridgehead atoms. The van der Waals surface area contributed by atoms with Gasteiger partial charge in [0.05, 0.1) is 0 Å². The number of aromatic nitrogens is 1. The van der Waals surface area contributed by atoms with Crippen molar-refractivity contribution in [3.8, 4) is 0 Å². The van der Waals surface area contributed by atoms with Crippen LogP contribution in [0.15, 0.2) is 6.07 Å². The molecule has 0 amide bonds. The Kier molecular flexibility index (Phi) is 4.24. The Morgan fingerprint density at radius 3 is 2.53 bits per heavy atom. The molecule has 2 rings (SSSR count). The van der Waals surface area contributed by atoms with Gasteiger partial charge in [0.1, 0.15) is 0 Å². The molecule has 1 fully saturated rings. The van der Waals surface area contributed by atoms with Crippen molar-refractivity contribution in [2.45, 2.75) is 33.7 Å².